The third kappa shape index (κ3) is 3.66. The first kappa shape index (κ1) is 16.1. The van der Waals surface area contributed by atoms with E-state index in [0.29, 0.717) is 0 Å². The monoisotopic (exact) mass is 347 g/mol. The highest BCUT2D eigenvalue weighted by Crippen LogP contribution is 2.29. The Morgan fingerprint density at radius 1 is 1.05 bits per heavy atom. The van der Waals surface area contributed by atoms with Crippen molar-refractivity contribution in [2.45, 2.75) is 26.8 Å². The maximum atomic E-state index is 5.35. The van der Waals surface area contributed by atoms with Gasteiger partial charge in [0.05, 0.1) is 13.2 Å². The zero-order valence-corrected chi connectivity index (χ0v) is 14.6. The maximum Gasteiger partial charge on any atom is 0.121 e. The van der Waals surface area contributed by atoms with E-state index in [9.17, 15) is 0 Å². The van der Waals surface area contributed by atoms with Crippen LogP contribution in [0.5, 0.6) is 5.75 Å². The molecule has 0 aliphatic rings. The summed E-state index contributed by atoms with van der Waals surface area (Å²) in [7, 11) is 1.71. The van der Waals surface area contributed by atoms with Crippen LogP contribution in [0.1, 0.15) is 35.2 Å². The second kappa shape index (κ2) is 7.10. The van der Waals surface area contributed by atoms with E-state index in [1.165, 1.54) is 16.7 Å². The molecule has 0 saturated heterocycles. The Balaban J connectivity index is 2.42. The van der Waals surface area contributed by atoms with E-state index < -0.39 is 0 Å². The molecule has 0 amide bonds. The van der Waals surface area contributed by atoms with Crippen LogP contribution in [0.3, 0.4) is 0 Å². The van der Waals surface area contributed by atoms with Gasteiger partial charge in [-0.05, 0) is 54.8 Å². The summed E-state index contributed by atoms with van der Waals surface area (Å²) in [4.78, 5) is 0. The zero-order chi connectivity index (χ0) is 15.4. The van der Waals surface area contributed by atoms with E-state index in [2.05, 4.69) is 72.3 Å². The van der Waals surface area contributed by atoms with Crippen molar-refractivity contribution >= 4 is 15.9 Å². The minimum absolute atomic E-state index is 0.191. The van der Waals surface area contributed by atoms with Gasteiger partial charge in [0.2, 0.25) is 0 Å². The number of nitrogens with one attached hydrogen (secondary N) is 1. The molecule has 0 aliphatic carbocycles. The molecule has 0 heterocycles. The molecule has 2 aromatic carbocycles. The summed E-state index contributed by atoms with van der Waals surface area (Å²) in [5.74, 6) is 0.930. The topological polar surface area (TPSA) is 21.3 Å². The fourth-order valence-electron chi connectivity index (χ4n) is 2.50. The third-order valence-electron chi connectivity index (χ3n) is 3.69. The van der Waals surface area contributed by atoms with E-state index in [0.717, 1.165) is 22.3 Å². The smallest absolute Gasteiger partial charge is 0.121 e. The average Bonchev–Trinajstić information content (AvgIpc) is 2.48. The van der Waals surface area contributed by atoms with E-state index in [1.807, 2.05) is 6.07 Å². The molecular formula is C18H22BrNO. The van der Waals surface area contributed by atoms with Gasteiger partial charge in [0.25, 0.3) is 0 Å². The zero-order valence-electron chi connectivity index (χ0n) is 13.0. The standard InChI is InChI=1S/C18H22BrNO/c1-5-20-18(15-7-6-12(2)16(19)11-15)14-8-9-17(21-4)13(3)10-14/h6-11,18,20H,5H2,1-4H3. The minimum Gasteiger partial charge on any atom is -0.496 e. The molecule has 112 valence electrons. The molecule has 0 fully saturated rings. The minimum atomic E-state index is 0.191. The van der Waals surface area contributed by atoms with Gasteiger partial charge in [-0.1, -0.05) is 47.1 Å². The van der Waals surface area contributed by atoms with Crippen LogP contribution in [-0.4, -0.2) is 13.7 Å². The molecule has 0 bridgehead atoms. The summed E-state index contributed by atoms with van der Waals surface area (Å²) in [5, 5.41) is 3.56. The molecule has 1 atom stereocenters. The Kier molecular flexibility index (Phi) is 5.43. The van der Waals surface area contributed by atoms with Gasteiger partial charge in [0.15, 0.2) is 0 Å². The predicted molar refractivity (Wildman–Crippen MR) is 92.1 cm³/mol. The largest absolute Gasteiger partial charge is 0.496 e. The number of benzene rings is 2. The first-order valence-electron chi connectivity index (χ1n) is 7.20. The Labute approximate surface area is 135 Å². The number of hydrogen-bond donors (Lipinski definition) is 1. The van der Waals surface area contributed by atoms with Crippen molar-refractivity contribution in [2.75, 3.05) is 13.7 Å². The van der Waals surface area contributed by atoms with Crippen molar-refractivity contribution in [3.63, 3.8) is 0 Å². The molecule has 0 aliphatic heterocycles. The van der Waals surface area contributed by atoms with Gasteiger partial charge >= 0.3 is 0 Å². The normalized spacial score (nSPS) is 12.2. The Hall–Kier alpha value is -1.32. The van der Waals surface area contributed by atoms with Crippen molar-refractivity contribution in [1.29, 1.82) is 0 Å². The second-order valence-corrected chi connectivity index (χ2v) is 6.08. The molecule has 1 unspecified atom stereocenters. The highest BCUT2D eigenvalue weighted by atomic mass is 79.9. The average molecular weight is 348 g/mol. The lowest BCUT2D eigenvalue weighted by atomic mass is 9.96. The molecule has 2 aromatic rings. The van der Waals surface area contributed by atoms with Crippen molar-refractivity contribution in [3.05, 3.63) is 63.1 Å². The molecule has 0 spiro atoms. The second-order valence-electron chi connectivity index (χ2n) is 5.23. The highest BCUT2D eigenvalue weighted by Gasteiger charge is 2.15. The first-order chi connectivity index (χ1) is 10.1. The summed E-state index contributed by atoms with van der Waals surface area (Å²) < 4.78 is 6.50. The molecule has 21 heavy (non-hydrogen) atoms. The summed E-state index contributed by atoms with van der Waals surface area (Å²) in [6.07, 6.45) is 0. The SMILES string of the molecule is CCNC(c1ccc(OC)c(C)c1)c1ccc(C)c(Br)c1. The van der Waals surface area contributed by atoms with E-state index in [1.54, 1.807) is 7.11 Å². The third-order valence-corrected chi connectivity index (χ3v) is 4.54. The first-order valence-corrected chi connectivity index (χ1v) is 8.00. The Morgan fingerprint density at radius 3 is 2.29 bits per heavy atom. The van der Waals surface area contributed by atoms with Gasteiger partial charge in [-0.15, -0.1) is 0 Å². The van der Waals surface area contributed by atoms with Crippen LogP contribution in [0.15, 0.2) is 40.9 Å². The summed E-state index contributed by atoms with van der Waals surface area (Å²) in [5.41, 5.74) is 4.92. The lowest BCUT2D eigenvalue weighted by Gasteiger charge is -2.21. The van der Waals surface area contributed by atoms with Crippen LogP contribution in [0.4, 0.5) is 0 Å². The van der Waals surface area contributed by atoms with Crippen molar-refractivity contribution in [3.8, 4) is 5.75 Å². The number of aryl methyl sites for hydroxylation is 2. The number of halogens is 1. The Bertz CT molecular complexity index is 625. The molecule has 0 aromatic heterocycles. The number of methoxy groups -OCH3 is 1. The van der Waals surface area contributed by atoms with Crippen molar-refractivity contribution in [1.82, 2.24) is 5.32 Å². The van der Waals surface area contributed by atoms with Gasteiger partial charge < -0.3 is 10.1 Å². The lowest BCUT2D eigenvalue weighted by Crippen LogP contribution is -2.22. The molecule has 3 heteroatoms. The quantitative estimate of drug-likeness (QED) is 0.840. The van der Waals surface area contributed by atoms with E-state index in [-0.39, 0.29) is 6.04 Å². The molecule has 2 nitrogen and oxygen atoms in total. The van der Waals surface area contributed by atoms with Crippen molar-refractivity contribution < 1.29 is 4.74 Å². The van der Waals surface area contributed by atoms with Crippen LogP contribution < -0.4 is 10.1 Å². The van der Waals surface area contributed by atoms with Crippen LogP contribution in [0.25, 0.3) is 0 Å². The van der Waals surface area contributed by atoms with Gasteiger partial charge in [-0.3, -0.25) is 0 Å². The fourth-order valence-corrected chi connectivity index (χ4v) is 2.90. The van der Waals surface area contributed by atoms with Gasteiger partial charge in [0.1, 0.15) is 5.75 Å². The van der Waals surface area contributed by atoms with E-state index >= 15 is 0 Å². The molecule has 0 radical (unpaired) electrons. The summed E-state index contributed by atoms with van der Waals surface area (Å²) in [6.45, 7) is 7.23. The summed E-state index contributed by atoms with van der Waals surface area (Å²) >= 11 is 3.63. The molecule has 1 N–H and O–H groups in total. The van der Waals surface area contributed by atoms with Gasteiger partial charge in [-0.2, -0.15) is 0 Å². The van der Waals surface area contributed by atoms with Crippen LogP contribution in [0.2, 0.25) is 0 Å². The fraction of sp³-hybridized carbons (Fsp3) is 0.333. The van der Waals surface area contributed by atoms with Crippen LogP contribution >= 0.6 is 15.9 Å². The summed E-state index contributed by atoms with van der Waals surface area (Å²) in [6, 6.07) is 13.1. The molecular weight excluding hydrogens is 326 g/mol. The Morgan fingerprint density at radius 2 is 1.71 bits per heavy atom. The van der Waals surface area contributed by atoms with E-state index in [4.69, 9.17) is 4.74 Å². The number of ether oxygens (including phenoxy) is 1. The van der Waals surface area contributed by atoms with Crippen molar-refractivity contribution in [2.24, 2.45) is 0 Å². The number of hydrogen-bond acceptors (Lipinski definition) is 2. The lowest BCUT2D eigenvalue weighted by molar-refractivity contribution is 0.411. The van der Waals surface area contributed by atoms with Crippen LogP contribution in [0, 0.1) is 13.8 Å². The van der Waals surface area contributed by atoms with Gasteiger partial charge in [0, 0.05) is 4.47 Å². The highest BCUT2D eigenvalue weighted by molar-refractivity contribution is 9.10. The van der Waals surface area contributed by atoms with Gasteiger partial charge in [-0.25, -0.2) is 0 Å². The molecule has 2 rings (SSSR count). The van der Waals surface area contributed by atoms with Crippen LogP contribution in [-0.2, 0) is 0 Å². The molecule has 0 saturated carbocycles. The number of rotatable bonds is 5. The maximum absolute atomic E-state index is 5.35. The predicted octanol–water partition coefficient (Wildman–Crippen LogP) is 4.77.